The standard InChI is InChI=1S/C13H17NO3/c1-10(15)11-5-6-12(13(9-11)16-2)17-8-4-3-7-14/h5-6,9-10,15H,3-4,8H2,1-2H3/t10-/m1/s1. The van der Waals surface area contributed by atoms with Gasteiger partial charge in [0.2, 0.25) is 0 Å². The molecule has 4 nitrogen and oxygen atoms in total. The Labute approximate surface area is 101 Å². The second-order valence-electron chi connectivity index (χ2n) is 3.70. The number of hydrogen-bond donors (Lipinski definition) is 1. The Kier molecular flexibility index (Phi) is 5.31. The summed E-state index contributed by atoms with van der Waals surface area (Å²) < 4.78 is 10.7. The second-order valence-corrected chi connectivity index (χ2v) is 3.70. The molecule has 1 atom stereocenters. The molecule has 0 unspecified atom stereocenters. The van der Waals surface area contributed by atoms with Gasteiger partial charge in [0, 0.05) is 6.42 Å². The first-order valence-electron chi connectivity index (χ1n) is 5.54. The lowest BCUT2D eigenvalue weighted by atomic mass is 10.1. The summed E-state index contributed by atoms with van der Waals surface area (Å²) in [6.07, 6.45) is 0.642. The highest BCUT2D eigenvalue weighted by molar-refractivity contribution is 5.43. The zero-order valence-corrected chi connectivity index (χ0v) is 10.1. The molecule has 92 valence electrons. The highest BCUT2D eigenvalue weighted by Gasteiger charge is 2.08. The number of nitriles is 1. The minimum Gasteiger partial charge on any atom is -0.493 e. The minimum atomic E-state index is -0.531. The lowest BCUT2D eigenvalue weighted by Crippen LogP contribution is -2.00. The average molecular weight is 235 g/mol. The molecular formula is C13H17NO3. The Morgan fingerprint density at radius 2 is 2.18 bits per heavy atom. The lowest BCUT2D eigenvalue weighted by molar-refractivity contribution is 0.198. The second kappa shape index (κ2) is 6.77. The summed E-state index contributed by atoms with van der Waals surface area (Å²) in [5.74, 6) is 1.23. The van der Waals surface area contributed by atoms with Gasteiger partial charge >= 0.3 is 0 Å². The third-order valence-corrected chi connectivity index (χ3v) is 2.36. The van der Waals surface area contributed by atoms with Crippen molar-refractivity contribution >= 4 is 0 Å². The maximum Gasteiger partial charge on any atom is 0.161 e. The maximum atomic E-state index is 9.45. The van der Waals surface area contributed by atoms with Gasteiger partial charge in [-0.15, -0.1) is 0 Å². The number of aliphatic hydroxyl groups is 1. The molecule has 4 heteroatoms. The SMILES string of the molecule is COc1cc([C@@H](C)O)ccc1OCCCC#N. The Balaban J connectivity index is 2.69. The van der Waals surface area contributed by atoms with Crippen LogP contribution in [-0.4, -0.2) is 18.8 Å². The summed E-state index contributed by atoms with van der Waals surface area (Å²) in [6.45, 7) is 2.18. The van der Waals surface area contributed by atoms with Crippen molar-refractivity contribution in [3.05, 3.63) is 23.8 Å². The van der Waals surface area contributed by atoms with E-state index in [9.17, 15) is 5.11 Å². The maximum absolute atomic E-state index is 9.45. The van der Waals surface area contributed by atoms with Gasteiger partial charge in [0.25, 0.3) is 0 Å². The third kappa shape index (κ3) is 3.97. The van der Waals surface area contributed by atoms with E-state index in [2.05, 4.69) is 6.07 Å². The lowest BCUT2D eigenvalue weighted by Gasteiger charge is -2.12. The van der Waals surface area contributed by atoms with Crippen molar-refractivity contribution < 1.29 is 14.6 Å². The summed E-state index contributed by atoms with van der Waals surface area (Å²) in [5.41, 5.74) is 0.784. The summed E-state index contributed by atoms with van der Waals surface area (Å²) in [5, 5.41) is 17.9. The smallest absolute Gasteiger partial charge is 0.161 e. The van der Waals surface area contributed by atoms with E-state index < -0.39 is 6.10 Å². The van der Waals surface area contributed by atoms with Crippen LogP contribution in [0.3, 0.4) is 0 Å². The molecule has 0 fully saturated rings. The van der Waals surface area contributed by atoms with Gasteiger partial charge in [-0.3, -0.25) is 0 Å². The number of unbranched alkanes of at least 4 members (excludes halogenated alkanes) is 1. The monoisotopic (exact) mass is 235 g/mol. The summed E-state index contributed by atoms with van der Waals surface area (Å²) in [4.78, 5) is 0. The molecule has 1 rings (SSSR count). The molecule has 0 aromatic heterocycles. The largest absolute Gasteiger partial charge is 0.493 e. The predicted molar refractivity (Wildman–Crippen MR) is 64.0 cm³/mol. The summed E-state index contributed by atoms with van der Waals surface area (Å²) in [7, 11) is 1.56. The van der Waals surface area contributed by atoms with Crippen LogP contribution in [0, 0.1) is 11.3 Å². The third-order valence-electron chi connectivity index (χ3n) is 2.36. The van der Waals surface area contributed by atoms with Crippen LogP contribution in [-0.2, 0) is 0 Å². The number of ether oxygens (including phenoxy) is 2. The normalized spacial score (nSPS) is 11.6. The first kappa shape index (κ1) is 13.3. The van der Waals surface area contributed by atoms with Gasteiger partial charge in [-0.05, 0) is 31.0 Å². The predicted octanol–water partition coefficient (Wildman–Crippen LogP) is 2.43. The minimum absolute atomic E-state index is 0.480. The van der Waals surface area contributed by atoms with E-state index >= 15 is 0 Å². The Morgan fingerprint density at radius 1 is 1.41 bits per heavy atom. The van der Waals surface area contributed by atoms with Gasteiger partial charge in [0.05, 0.1) is 25.9 Å². The van der Waals surface area contributed by atoms with Crippen LogP contribution in [0.25, 0.3) is 0 Å². The molecule has 0 aliphatic carbocycles. The van der Waals surface area contributed by atoms with Gasteiger partial charge in [0.15, 0.2) is 11.5 Å². The molecular weight excluding hydrogens is 218 g/mol. The molecule has 17 heavy (non-hydrogen) atoms. The van der Waals surface area contributed by atoms with Crippen LogP contribution >= 0.6 is 0 Å². The van der Waals surface area contributed by atoms with Crippen molar-refractivity contribution in [3.63, 3.8) is 0 Å². The van der Waals surface area contributed by atoms with Gasteiger partial charge < -0.3 is 14.6 Å². The molecule has 0 radical (unpaired) electrons. The Hall–Kier alpha value is -1.73. The van der Waals surface area contributed by atoms with E-state index in [1.165, 1.54) is 0 Å². The Morgan fingerprint density at radius 3 is 2.76 bits per heavy atom. The van der Waals surface area contributed by atoms with Crippen molar-refractivity contribution in [2.45, 2.75) is 25.9 Å². The molecule has 1 N–H and O–H groups in total. The number of rotatable bonds is 6. The fraction of sp³-hybridized carbons (Fsp3) is 0.462. The van der Waals surface area contributed by atoms with E-state index in [0.717, 1.165) is 5.56 Å². The van der Waals surface area contributed by atoms with E-state index in [0.29, 0.717) is 30.9 Å². The summed E-state index contributed by atoms with van der Waals surface area (Å²) in [6, 6.07) is 7.39. The first-order chi connectivity index (χ1) is 8.19. The number of methoxy groups -OCH3 is 1. The molecule has 0 saturated heterocycles. The number of benzene rings is 1. The van der Waals surface area contributed by atoms with Crippen molar-refractivity contribution in [1.82, 2.24) is 0 Å². The molecule has 0 spiro atoms. The van der Waals surface area contributed by atoms with Crippen LogP contribution < -0.4 is 9.47 Å². The van der Waals surface area contributed by atoms with Crippen LogP contribution in [0.5, 0.6) is 11.5 Å². The van der Waals surface area contributed by atoms with E-state index in [4.69, 9.17) is 14.7 Å². The van der Waals surface area contributed by atoms with Gasteiger partial charge in [0.1, 0.15) is 0 Å². The Bertz CT molecular complexity index is 396. The zero-order valence-electron chi connectivity index (χ0n) is 10.1. The number of aliphatic hydroxyl groups excluding tert-OH is 1. The van der Waals surface area contributed by atoms with E-state index in [1.807, 2.05) is 0 Å². The molecule has 0 aliphatic rings. The zero-order chi connectivity index (χ0) is 12.7. The highest BCUT2D eigenvalue weighted by Crippen LogP contribution is 2.30. The molecule has 0 aliphatic heterocycles. The van der Waals surface area contributed by atoms with Crippen LogP contribution in [0.2, 0.25) is 0 Å². The molecule has 1 aromatic rings. The topological polar surface area (TPSA) is 62.5 Å². The number of hydrogen-bond acceptors (Lipinski definition) is 4. The molecule has 1 aromatic carbocycles. The highest BCUT2D eigenvalue weighted by atomic mass is 16.5. The van der Waals surface area contributed by atoms with Crippen LogP contribution in [0.1, 0.15) is 31.4 Å². The van der Waals surface area contributed by atoms with Crippen molar-refractivity contribution in [2.24, 2.45) is 0 Å². The van der Waals surface area contributed by atoms with Crippen molar-refractivity contribution in [1.29, 1.82) is 5.26 Å². The molecule has 0 saturated carbocycles. The van der Waals surface area contributed by atoms with E-state index in [-0.39, 0.29) is 0 Å². The van der Waals surface area contributed by atoms with Gasteiger partial charge in [-0.25, -0.2) is 0 Å². The molecule has 0 heterocycles. The van der Waals surface area contributed by atoms with Gasteiger partial charge in [-0.1, -0.05) is 6.07 Å². The quantitative estimate of drug-likeness (QED) is 0.769. The fourth-order valence-corrected chi connectivity index (χ4v) is 1.40. The van der Waals surface area contributed by atoms with Crippen LogP contribution in [0.15, 0.2) is 18.2 Å². The van der Waals surface area contributed by atoms with Crippen molar-refractivity contribution in [2.75, 3.05) is 13.7 Å². The first-order valence-corrected chi connectivity index (χ1v) is 5.54. The molecule has 0 bridgehead atoms. The van der Waals surface area contributed by atoms with E-state index in [1.54, 1.807) is 32.2 Å². The van der Waals surface area contributed by atoms with Crippen LogP contribution in [0.4, 0.5) is 0 Å². The summed E-state index contributed by atoms with van der Waals surface area (Å²) >= 11 is 0. The molecule has 0 amide bonds. The fourth-order valence-electron chi connectivity index (χ4n) is 1.40. The van der Waals surface area contributed by atoms with Crippen molar-refractivity contribution in [3.8, 4) is 17.6 Å². The van der Waals surface area contributed by atoms with Gasteiger partial charge in [-0.2, -0.15) is 5.26 Å². The average Bonchev–Trinajstić information content (AvgIpc) is 2.34. The number of nitrogens with zero attached hydrogens (tertiary/aromatic N) is 1.